The summed E-state index contributed by atoms with van der Waals surface area (Å²) < 4.78 is 11.1. The Bertz CT molecular complexity index is 604. The van der Waals surface area contributed by atoms with Crippen molar-refractivity contribution >= 4 is 0 Å². The van der Waals surface area contributed by atoms with Crippen LogP contribution >= 0.6 is 0 Å². The predicted octanol–water partition coefficient (Wildman–Crippen LogP) is 3.30. The second-order valence-electron chi connectivity index (χ2n) is 5.29. The summed E-state index contributed by atoms with van der Waals surface area (Å²) in [5.74, 6) is 1.48. The van der Waals surface area contributed by atoms with E-state index in [9.17, 15) is 5.11 Å². The van der Waals surface area contributed by atoms with E-state index in [1.165, 1.54) is 5.56 Å². The van der Waals surface area contributed by atoms with Crippen molar-refractivity contribution in [3.63, 3.8) is 0 Å². The highest BCUT2D eigenvalue weighted by Gasteiger charge is 2.15. The molecular formula is C18H20O3. The van der Waals surface area contributed by atoms with E-state index in [0.29, 0.717) is 19.6 Å². The standard InChI is InChI=1S/C18H20O3/c1-2-13-3-5-14(6-4-13)11-16(19)15-7-8-17-18(12-15)21-10-9-20-17/h3-8,12,16,19H,2,9-11H2,1H3. The molecule has 3 heteroatoms. The molecule has 0 spiro atoms. The first kappa shape index (κ1) is 14.0. The van der Waals surface area contributed by atoms with Gasteiger partial charge in [0, 0.05) is 6.42 Å². The lowest BCUT2D eigenvalue weighted by atomic mass is 9.99. The fraction of sp³-hybridized carbons (Fsp3) is 0.333. The molecule has 0 bridgehead atoms. The Hall–Kier alpha value is -2.00. The van der Waals surface area contributed by atoms with Crippen LogP contribution in [0.15, 0.2) is 42.5 Å². The van der Waals surface area contributed by atoms with Crippen LogP contribution in [0.4, 0.5) is 0 Å². The molecule has 2 aromatic rings. The Balaban J connectivity index is 1.73. The van der Waals surface area contributed by atoms with Gasteiger partial charge >= 0.3 is 0 Å². The number of ether oxygens (including phenoxy) is 2. The molecule has 0 saturated heterocycles. The summed E-state index contributed by atoms with van der Waals surface area (Å²) in [6, 6.07) is 14.0. The Morgan fingerprint density at radius 3 is 2.33 bits per heavy atom. The SMILES string of the molecule is CCc1ccc(CC(O)c2ccc3c(c2)OCCO3)cc1. The van der Waals surface area contributed by atoms with Crippen molar-refractivity contribution in [2.24, 2.45) is 0 Å². The van der Waals surface area contributed by atoms with Crippen molar-refractivity contribution in [2.45, 2.75) is 25.9 Å². The van der Waals surface area contributed by atoms with Crippen molar-refractivity contribution in [3.05, 3.63) is 59.2 Å². The zero-order valence-electron chi connectivity index (χ0n) is 12.2. The molecule has 0 saturated carbocycles. The van der Waals surface area contributed by atoms with E-state index in [-0.39, 0.29) is 0 Å². The Morgan fingerprint density at radius 2 is 1.62 bits per heavy atom. The van der Waals surface area contributed by atoms with Gasteiger partial charge in [0.1, 0.15) is 13.2 Å². The lowest BCUT2D eigenvalue weighted by Gasteiger charge is -2.20. The zero-order valence-corrected chi connectivity index (χ0v) is 12.2. The average molecular weight is 284 g/mol. The van der Waals surface area contributed by atoms with Crippen molar-refractivity contribution in [2.75, 3.05) is 13.2 Å². The van der Waals surface area contributed by atoms with Crippen molar-refractivity contribution in [1.82, 2.24) is 0 Å². The summed E-state index contributed by atoms with van der Waals surface area (Å²) in [6.45, 7) is 3.28. The minimum atomic E-state index is -0.534. The first-order valence-corrected chi connectivity index (χ1v) is 7.41. The Labute approximate surface area is 125 Å². The molecule has 0 aliphatic carbocycles. The van der Waals surface area contributed by atoms with Gasteiger partial charge in [-0.2, -0.15) is 0 Å². The number of rotatable bonds is 4. The third kappa shape index (κ3) is 3.19. The van der Waals surface area contributed by atoms with Crippen molar-refractivity contribution in [3.8, 4) is 11.5 Å². The van der Waals surface area contributed by atoms with Crippen LogP contribution in [-0.2, 0) is 12.8 Å². The van der Waals surface area contributed by atoms with E-state index in [1.807, 2.05) is 18.2 Å². The van der Waals surface area contributed by atoms with Gasteiger partial charge in [-0.05, 0) is 35.2 Å². The van der Waals surface area contributed by atoms with E-state index < -0.39 is 6.10 Å². The highest BCUT2D eigenvalue weighted by atomic mass is 16.6. The summed E-state index contributed by atoms with van der Waals surface area (Å²) in [7, 11) is 0. The predicted molar refractivity (Wildman–Crippen MR) is 81.9 cm³/mol. The van der Waals surface area contributed by atoms with Crippen LogP contribution in [0.1, 0.15) is 29.7 Å². The highest BCUT2D eigenvalue weighted by Crippen LogP contribution is 2.33. The second kappa shape index (κ2) is 6.19. The first-order valence-electron chi connectivity index (χ1n) is 7.41. The summed E-state index contributed by atoms with van der Waals surface area (Å²) in [5, 5.41) is 10.4. The lowest BCUT2D eigenvalue weighted by molar-refractivity contribution is 0.164. The van der Waals surface area contributed by atoms with E-state index in [0.717, 1.165) is 29.0 Å². The van der Waals surface area contributed by atoms with Crippen LogP contribution in [-0.4, -0.2) is 18.3 Å². The lowest BCUT2D eigenvalue weighted by Crippen LogP contribution is -2.15. The molecule has 1 atom stereocenters. The van der Waals surface area contributed by atoms with E-state index >= 15 is 0 Å². The van der Waals surface area contributed by atoms with Gasteiger partial charge in [-0.25, -0.2) is 0 Å². The molecule has 1 aliphatic heterocycles. The summed E-state index contributed by atoms with van der Waals surface area (Å²) in [4.78, 5) is 0. The zero-order chi connectivity index (χ0) is 14.7. The molecule has 1 heterocycles. The van der Waals surface area contributed by atoms with Gasteiger partial charge < -0.3 is 14.6 Å². The van der Waals surface area contributed by atoms with E-state index in [4.69, 9.17) is 9.47 Å². The molecule has 110 valence electrons. The van der Waals surface area contributed by atoms with Crippen molar-refractivity contribution < 1.29 is 14.6 Å². The maximum Gasteiger partial charge on any atom is 0.161 e. The molecule has 1 aliphatic rings. The maximum absolute atomic E-state index is 10.4. The number of fused-ring (bicyclic) bond motifs is 1. The molecule has 0 aromatic heterocycles. The van der Waals surface area contributed by atoms with Gasteiger partial charge in [0.25, 0.3) is 0 Å². The fourth-order valence-corrected chi connectivity index (χ4v) is 2.52. The molecule has 3 rings (SSSR count). The van der Waals surface area contributed by atoms with Gasteiger partial charge in [0.05, 0.1) is 6.10 Å². The topological polar surface area (TPSA) is 38.7 Å². The quantitative estimate of drug-likeness (QED) is 0.936. The molecule has 1 N–H and O–H groups in total. The van der Waals surface area contributed by atoms with Crippen LogP contribution in [0.3, 0.4) is 0 Å². The monoisotopic (exact) mass is 284 g/mol. The van der Waals surface area contributed by atoms with Gasteiger partial charge in [-0.3, -0.25) is 0 Å². The minimum Gasteiger partial charge on any atom is -0.486 e. The summed E-state index contributed by atoms with van der Waals surface area (Å²) in [5.41, 5.74) is 3.31. The van der Waals surface area contributed by atoms with Gasteiger partial charge in [-0.1, -0.05) is 37.3 Å². The number of hydrogen-bond donors (Lipinski definition) is 1. The average Bonchev–Trinajstić information content (AvgIpc) is 2.55. The van der Waals surface area contributed by atoms with Crippen LogP contribution in [0.25, 0.3) is 0 Å². The number of aliphatic hydroxyl groups is 1. The third-order valence-electron chi connectivity index (χ3n) is 3.81. The van der Waals surface area contributed by atoms with Crippen molar-refractivity contribution in [1.29, 1.82) is 0 Å². The first-order chi connectivity index (χ1) is 10.3. The van der Waals surface area contributed by atoms with Crippen LogP contribution < -0.4 is 9.47 Å². The van der Waals surface area contributed by atoms with E-state index in [2.05, 4.69) is 31.2 Å². The molecule has 1 unspecified atom stereocenters. The van der Waals surface area contributed by atoms with Crippen LogP contribution in [0.5, 0.6) is 11.5 Å². The number of aliphatic hydroxyl groups excluding tert-OH is 1. The largest absolute Gasteiger partial charge is 0.486 e. The second-order valence-corrected chi connectivity index (χ2v) is 5.29. The number of aryl methyl sites for hydroxylation is 1. The van der Waals surface area contributed by atoms with Gasteiger partial charge in [0.15, 0.2) is 11.5 Å². The van der Waals surface area contributed by atoms with E-state index in [1.54, 1.807) is 0 Å². The molecule has 0 fully saturated rings. The normalized spacial score (nSPS) is 14.8. The minimum absolute atomic E-state index is 0.534. The van der Waals surface area contributed by atoms with Gasteiger partial charge in [-0.15, -0.1) is 0 Å². The van der Waals surface area contributed by atoms with Crippen LogP contribution in [0, 0.1) is 0 Å². The molecule has 3 nitrogen and oxygen atoms in total. The summed E-state index contributed by atoms with van der Waals surface area (Å²) in [6.07, 6.45) is 1.10. The fourth-order valence-electron chi connectivity index (χ4n) is 2.52. The molecule has 2 aromatic carbocycles. The van der Waals surface area contributed by atoms with Gasteiger partial charge in [0.2, 0.25) is 0 Å². The molecule has 0 radical (unpaired) electrons. The third-order valence-corrected chi connectivity index (χ3v) is 3.81. The summed E-state index contributed by atoms with van der Waals surface area (Å²) >= 11 is 0. The number of hydrogen-bond acceptors (Lipinski definition) is 3. The Kier molecular flexibility index (Phi) is 4.11. The smallest absolute Gasteiger partial charge is 0.161 e. The molecule has 0 amide bonds. The maximum atomic E-state index is 10.4. The number of benzene rings is 2. The Morgan fingerprint density at radius 1 is 0.952 bits per heavy atom. The molecular weight excluding hydrogens is 264 g/mol. The van der Waals surface area contributed by atoms with Crippen LogP contribution in [0.2, 0.25) is 0 Å². The highest BCUT2D eigenvalue weighted by molar-refractivity contribution is 5.44. The molecule has 21 heavy (non-hydrogen) atoms.